The highest BCUT2D eigenvalue weighted by Crippen LogP contribution is 2.34. The van der Waals surface area contributed by atoms with Gasteiger partial charge in [0.15, 0.2) is 0 Å². The second kappa shape index (κ2) is 9.59. The third kappa shape index (κ3) is 4.23. The minimum Gasteiger partial charge on any atom is -0.497 e. The van der Waals surface area contributed by atoms with E-state index >= 15 is 0 Å². The molecule has 1 atom stereocenters. The fourth-order valence-corrected chi connectivity index (χ4v) is 4.75. The summed E-state index contributed by atoms with van der Waals surface area (Å²) in [5, 5.41) is 0. The lowest BCUT2D eigenvalue weighted by Gasteiger charge is -2.20. The van der Waals surface area contributed by atoms with Gasteiger partial charge in [0.2, 0.25) is 5.91 Å². The molecule has 0 radical (unpaired) electrons. The summed E-state index contributed by atoms with van der Waals surface area (Å²) in [4.78, 5) is 20.0. The van der Waals surface area contributed by atoms with Crippen LogP contribution in [-0.4, -0.2) is 35.7 Å². The Morgan fingerprint density at radius 2 is 1.71 bits per heavy atom. The second-order valence-electron chi connectivity index (χ2n) is 8.52. The lowest BCUT2D eigenvalue weighted by molar-refractivity contribution is -0.117. The van der Waals surface area contributed by atoms with E-state index in [-0.39, 0.29) is 11.8 Å². The van der Waals surface area contributed by atoms with E-state index < -0.39 is 0 Å². The maximum absolute atomic E-state index is 13.1. The van der Waals surface area contributed by atoms with E-state index in [9.17, 15) is 4.79 Å². The van der Waals surface area contributed by atoms with Crippen molar-refractivity contribution in [1.29, 1.82) is 0 Å². The van der Waals surface area contributed by atoms with Crippen molar-refractivity contribution in [2.24, 2.45) is 0 Å². The first-order valence-corrected chi connectivity index (χ1v) is 11.8. The zero-order chi connectivity index (χ0) is 23.5. The van der Waals surface area contributed by atoms with Gasteiger partial charge in [-0.15, -0.1) is 0 Å². The number of amides is 1. The van der Waals surface area contributed by atoms with Gasteiger partial charge in [-0.3, -0.25) is 4.79 Å². The number of aryl methyl sites for hydroxylation is 1. The van der Waals surface area contributed by atoms with E-state index in [1.165, 1.54) is 5.56 Å². The topological polar surface area (TPSA) is 56.6 Å². The predicted octanol–water partition coefficient (Wildman–Crippen LogP) is 5.21. The summed E-state index contributed by atoms with van der Waals surface area (Å²) in [5.41, 5.74) is 4.22. The van der Waals surface area contributed by atoms with Crippen LogP contribution >= 0.6 is 0 Å². The molecule has 1 amide bonds. The summed E-state index contributed by atoms with van der Waals surface area (Å²) in [7, 11) is 1.65. The molecule has 5 rings (SSSR count). The molecular formula is C28H29N3O3. The predicted molar refractivity (Wildman–Crippen MR) is 134 cm³/mol. The first-order chi connectivity index (χ1) is 16.7. The van der Waals surface area contributed by atoms with Gasteiger partial charge in [-0.25, -0.2) is 4.98 Å². The number of benzene rings is 3. The number of aromatic nitrogens is 2. The van der Waals surface area contributed by atoms with E-state index in [1.807, 2.05) is 65.6 Å². The summed E-state index contributed by atoms with van der Waals surface area (Å²) in [6.45, 7) is 3.92. The van der Waals surface area contributed by atoms with Gasteiger partial charge in [0.05, 0.1) is 24.7 Å². The Balaban J connectivity index is 1.39. The number of rotatable bonds is 8. The molecule has 0 aliphatic carbocycles. The minimum absolute atomic E-state index is 0.0331. The molecule has 6 heteroatoms. The Hall–Kier alpha value is -3.80. The Kier molecular flexibility index (Phi) is 6.21. The van der Waals surface area contributed by atoms with E-state index in [0.29, 0.717) is 26.1 Å². The van der Waals surface area contributed by atoms with Crippen molar-refractivity contribution in [1.82, 2.24) is 9.55 Å². The number of hydrogen-bond donors (Lipinski definition) is 0. The summed E-state index contributed by atoms with van der Waals surface area (Å²) in [6.07, 6.45) is 1.35. The highest BCUT2D eigenvalue weighted by Gasteiger charge is 2.35. The van der Waals surface area contributed by atoms with Crippen molar-refractivity contribution in [2.45, 2.75) is 32.2 Å². The van der Waals surface area contributed by atoms with E-state index in [2.05, 4.69) is 23.6 Å². The molecule has 3 aromatic carbocycles. The molecule has 1 aromatic heterocycles. The van der Waals surface area contributed by atoms with Crippen LogP contribution < -0.4 is 14.4 Å². The van der Waals surface area contributed by atoms with Crippen LogP contribution in [0.4, 0.5) is 5.69 Å². The molecular weight excluding hydrogens is 426 g/mol. The van der Waals surface area contributed by atoms with Gasteiger partial charge in [-0.2, -0.15) is 0 Å². The number of methoxy groups -OCH3 is 1. The van der Waals surface area contributed by atoms with Crippen molar-refractivity contribution in [3.8, 4) is 11.5 Å². The van der Waals surface area contributed by atoms with Crippen LogP contribution in [-0.2, 0) is 17.8 Å². The fraction of sp³-hybridized carbons (Fsp3) is 0.286. The largest absolute Gasteiger partial charge is 0.497 e. The molecule has 174 valence electrons. The summed E-state index contributed by atoms with van der Waals surface area (Å²) < 4.78 is 13.4. The second-order valence-corrected chi connectivity index (χ2v) is 8.52. The molecule has 34 heavy (non-hydrogen) atoms. The van der Waals surface area contributed by atoms with Crippen LogP contribution in [0, 0.1) is 0 Å². The number of imidazole rings is 1. The van der Waals surface area contributed by atoms with Gasteiger partial charge in [0.25, 0.3) is 0 Å². The first kappa shape index (κ1) is 22.0. The highest BCUT2D eigenvalue weighted by molar-refractivity contribution is 5.97. The van der Waals surface area contributed by atoms with Gasteiger partial charge >= 0.3 is 0 Å². The molecule has 0 spiro atoms. The van der Waals surface area contributed by atoms with Crippen LogP contribution in [0.2, 0.25) is 0 Å². The Morgan fingerprint density at radius 3 is 2.50 bits per heavy atom. The van der Waals surface area contributed by atoms with Crippen LogP contribution in [0.1, 0.15) is 30.7 Å². The van der Waals surface area contributed by atoms with Crippen LogP contribution in [0.25, 0.3) is 11.0 Å². The zero-order valence-electron chi connectivity index (χ0n) is 19.6. The van der Waals surface area contributed by atoms with Crippen LogP contribution in [0.15, 0.2) is 72.8 Å². The SMILES string of the molecule is CCc1ccccc1N1C[C@H](c2nc3ccccc3n2CCOc2ccc(OC)cc2)CC1=O. The lowest BCUT2D eigenvalue weighted by Crippen LogP contribution is -2.25. The molecule has 0 N–H and O–H groups in total. The van der Waals surface area contributed by atoms with E-state index in [1.54, 1.807) is 7.11 Å². The van der Waals surface area contributed by atoms with Gasteiger partial charge in [-0.05, 0) is 54.4 Å². The first-order valence-electron chi connectivity index (χ1n) is 11.8. The van der Waals surface area contributed by atoms with Crippen molar-refractivity contribution in [2.75, 3.05) is 25.2 Å². The number of nitrogens with zero attached hydrogens (tertiary/aromatic N) is 3. The Labute approximate surface area is 199 Å². The zero-order valence-corrected chi connectivity index (χ0v) is 19.6. The number of carbonyl (C=O) groups excluding carboxylic acids is 1. The van der Waals surface area contributed by atoms with Gasteiger partial charge in [-0.1, -0.05) is 37.3 Å². The summed E-state index contributed by atoms with van der Waals surface area (Å²) in [5.74, 6) is 2.73. The Bertz CT molecular complexity index is 1300. The maximum Gasteiger partial charge on any atom is 0.227 e. The monoisotopic (exact) mass is 455 g/mol. The molecule has 0 unspecified atom stereocenters. The minimum atomic E-state index is 0.0331. The van der Waals surface area contributed by atoms with Crippen molar-refractivity contribution < 1.29 is 14.3 Å². The molecule has 0 saturated carbocycles. The molecule has 6 nitrogen and oxygen atoms in total. The number of fused-ring (bicyclic) bond motifs is 1. The van der Waals surface area contributed by atoms with Crippen molar-refractivity contribution in [3.05, 3.63) is 84.2 Å². The molecule has 1 aliphatic rings. The Morgan fingerprint density at radius 1 is 0.971 bits per heavy atom. The average Bonchev–Trinajstić information content (AvgIpc) is 3.45. The summed E-state index contributed by atoms with van der Waals surface area (Å²) >= 11 is 0. The van der Waals surface area contributed by atoms with Crippen LogP contribution in [0.3, 0.4) is 0 Å². The molecule has 0 bridgehead atoms. The summed E-state index contributed by atoms with van der Waals surface area (Å²) in [6, 6.07) is 23.9. The van der Waals surface area contributed by atoms with Crippen LogP contribution in [0.5, 0.6) is 11.5 Å². The van der Waals surface area contributed by atoms with Crippen molar-refractivity contribution >= 4 is 22.6 Å². The number of ether oxygens (including phenoxy) is 2. The lowest BCUT2D eigenvalue weighted by atomic mass is 10.1. The molecule has 1 aliphatic heterocycles. The van der Waals surface area contributed by atoms with E-state index in [0.717, 1.165) is 40.5 Å². The van der Waals surface area contributed by atoms with Gasteiger partial charge in [0, 0.05) is 24.6 Å². The van der Waals surface area contributed by atoms with Crippen molar-refractivity contribution in [3.63, 3.8) is 0 Å². The molecule has 1 fully saturated rings. The standard InChI is InChI=1S/C28H29N3O3/c1-3-20-8-4-6-10-25(20)31-19-21(18-27(31)32)28-29-24-9-5-7-11-26(24)30(28)16-17-34-23-14-12-22(33-2)13-15-23/h4-15,21H,3,16-19H2,1-2H3/t21-/m1/s1. The fourth-order valence-electron chi connectivity index (χ4n) is 4.75. The number of hydrogen-bond acceptors (Lipinski definition) is 4. The number of para-hydroxylation sites is 3. The van der Waals surface area contributed by atoms with Gasteiger partial charge in [0.1, 0.15) is 23.9 Å². The third-order valence-corrected chi connectivity index (χ3v) is 6.48. The normalized spacial score (nSPS) is 15.8. The smallest absolute Gasteiger partial charge is 0.227 e. The number of anilines is 1. The maximum atomic E-state index is 13.1. The third-order valence-electron chi connectivity index (χ3n) is 6.48. The molecule has 2 heterocycles. The van der Waals surface area contributed by atoms with E-state index in [4.69, 9.17) is 14.5 Å². The highest BCUT2D eigenvalue weighted by atomic mass is 16.5. The number of carbonyl (C=O) groups is 1. The molecule has 1 saturated heterocycles. The molecule has 4 aromatic rings. The van der Waals surface area contributed by atoms with Gasteiger partial charge < -0.3 is 18.9 Å². The quantitative estimate of drug-likeness (QED) is 0.366. The average molecular weight is 456 g/mol.